The van der Waals surface area contributed by atoms with Crippen molar-refractivity contribution in [2.75, 3.05) is 5.32 Å². The molecule has 84 valence electrons. The van der Waals surface area contributed by atoms with Crippen molar-refractivity contribution in [2.24, 2.45) is 0 Å². The Morgan fingerprint density at radius 1 is 1.19 bits per heavy atom. The summed E-state index contributed by atoms with van der Waals surface area (Å²) in [4.78, 5) is 8.40. The zero-order valence-corrected chi connectivity index (χ0v) is 10.4. The van der Waals surface area contributed by atoms with Crippen LogP contribution in [0.2, 0.25) is 0 Å². The second-order valence-electron chi connectivity index (χ2n) is 4.53. The first-order valence-corrected chi connectivity index (χ1v) is 5.84. The molecule has 0 unspecified atom stereocenters. The smallest absolute Gasteiger partial charge is 0.203 e. The topological polar surface area (TPSA) is 50.7 Å². The van der Waals surface area contributed by atoms with Gasteiger partial charge in [0.25, 0.3) is 0 Å². The van der Waals surface area contributed by atoms with Crippen LogP contribution >= 0.6 is 11.5 Å². The van der Waals surface area contributed by atoms with Gasteiger partial charge < -0.3 is 5.32 Å². The van der Waals surface area contributed by atoms with Crippen LogP contribution in [0.5, 0.6) is 0 Å². The SMILES string of the molecule is CC(C)(C)Nc1nc(-c2ccncc2)ns1. The molecule has 2 rings (SSSR count). The quantitative estimate of drug-likeness (QED) is 0.868. The summed E-state index contributed by atoms with van der Waals surface area (Å²) in [5.74, 6) is 0.749. The highest BCUT2D eigenvalue weighted by Crippen LogP contribution is 2.22. The Morgan fingerprint density at radius 2 is 1.88 bits per heavy atom. The van der Waals surface area contributed by atoms with E-state index >= 15 is 0 Å². The van der Waals surface area contributed by atoms with Crippen LogP contribution in [0.15, 0.2) is 24.5 Å². The van der Waals surface area contributed by atoms with Crippen molar-refractivity contribution in [2.45, 2.75) is 26.3 Å². The summed E-state index contributed by atoms with van der Waals surface area (Å²) in [6.45, 7) is 6.29. The van der Waals surface area contributed by atoms with Crippen LogP contribution in [0.4, 0.5) is 5.13 Å². The highest BCUT2D eigenvalue weighted by atomic mass is 32.1. The van der Waals surface area contributed by atoms with Gasteiger partial charge in [-0.1, -0.05) is 0 Å². The van der Waals surface area contributed by atoms with Crippen LogP contribution in [0.3, 0.4) is 0 Å². The third-order valence-corrected chi connectivity index (χ3v) is 2.48. The van der Waals surface area contributed by atoms with E-state index in [-0.39, 0.29) is 5.54 Å². The minimum atomic E-state index is 0.00897. The molecular formula is C11H14N4S. The molecule has 0 aliphatic carbocycles. The van der Waals surface area contributed by atoms with Gasteiger partial charge in [-0.05, 0) is 32.9 Å². The van der Waals surface area contributed by atoms with Gasteiger partial charge in [0, 0.05) is 35.0 Å². The first kappa shape index (κ1) is 11.0. The Morgan fingerprint density at radius 3 is 2.50 bits per heavy atom. The highest BCUT2D eigenvalue weighted by molar-refractivity contribution is 7.09. The molecule has 2 heterocycles. The lowest BCUT2D eigenvalue weighted by Gasteiger charge is -2.18. The maximum atomic E-state index is 4.43. The van der Waals surface area contributed by atoms with Crippen molar-refractivity contribution in [1.82, 2.24) is 14.3 Å². The van der Waals surface area contributed by atoms with E-state index in [1.807, 2.05) is 12.1 Å². The molecule has 0 saturated heterocycles. The van der Waals surface area contributed by atoms with Crippen molar-refractivity contribution in [1.29, 1.82) is 0 Å². The second kappa shape index (κ2) is 4.17. The van der Waals surface area contributed by atoms with Crippen LogP contribution in [0.25, 0.3) is 11.4 Å². The van der Waals surface area contributed by atoms with Gasteiger partial charge in [-0.15, -0.1) is 0 Å². The summed E-state index contributed by atoms with van der Waals surface area (Å²) in [6.07, 6.45) is 3.49. The molecule has 0 atom stereocenters. The summed E-state index contributed by atoms with van der Waals surface area (Å²) in [5, 5.41) is 4.15. The Hall–Kier alpha value is -1.49. The molecule has 2 aromatic rings. The van der Waals surface area contributed by atoms with Crippen molar-refractivity contribution < 1.29 is 0 Å². The molecule has 0 aliphatic heterocycles. The minimum absolute atomic E-state index is 0.00897. The van der Waals surface area contributed by atoms with Gasteiger partial charge in [-0.2, -0.15) is 9.36 Å². The number of hydrogen-bond donors (Lipinski definition) is 1. The molecule has 1 N–H and O–H groups in total. The first-order valence-electron chi connectivity index (χ1n) is 5.07. The van der Waals surface area contributed by atoms with Gasteiger partial charge in [0.1, 0.15) is 0 Å². The Bertz CT molecular complexity index is 458. The van der Waals surface area contributed by atoms with Gasteiger partial charge in [0.2, 0.25) is 5.13 Å². The third kappa shape index (κ3) is 2.76. The van der Waals surface area contributed by atoms with Gasteiger partial charge in [-0.3, -0.25) is 4.98 Å². The number of nitrogens with zero attached hydrogens (tertiary/aromatic N) is 3. The normalized spacial score (nSPS) is 11.4. The zero-order chi connectivity index (χ0) is 11.6. The molecule has 0 fully saturated rings. The van der Waals surface area contributed by atoms with Gasteiger partial charge >= 0.3 is 0 Å². The average molecular weight is 234 g/mol. The van der Waals surface area contributed by atoms with Gasteiger partial charge in [0.15, 0.2) is 5.82 Å². The van der Waals surface area contributed by atoms with E-state index < -0.39 is 0 Å². The number of aromatic nitrogens is 3. The van der Waals surface area contributed by atoms with Crippen molar-refractivity contribution in [3.8, 4) is 11.4 Å². The summed E-state index contributed by atoms with van der Waals surface area (Å²) >= 11 is 1.38. The van der Waals surface area contributed by atoms with E-state index in [4.69, 9.17) is 0 Å². The molecule has 0 spiro atoms. The van der Waals surface area contributed by atoms with Gasteiger partial charge in [0.05, 0.1) is 0 Å². The second-order valence-corrected chi connectivity index (χ2v) is 5.29. The van der Waals surface area contributed by atoms with E-state index in [1.165, 1.54) is 11.5 Å². The maximum absolute atomic E-state index is 4.43. The average Bonchev–Trinajstić information content (AvgIpc) is 2.65. The monoisotopic (exact) mass is 234 g/mol. The lowest BCUT2D eigenvalue weighted by atomic mass is 10.1. The molecule has 0 aliphatic rings. The summed E-state index contributed by atoms with van der Waals surface area (Å²) in [7, 11) is 0. The summed E-state index contributed by atoms with van der Waals surface area (Å²) < 4.78 is 4.31. The Balaban J connectivity index is 2.21. The van der Waals surface area contributed by atoms with E-state index in [9.17, 15) is 0 Å². The van der Waals surface area contributed by atoms with E-state index in [0.29, 0.717) is 0 Å². The number of nitrogens with one attached hydrogen (secondary N) is 1. The third-order valence-electron chi connectivity index (χ3n) is 1.85. The first-order chi connectivity index (χ1) is 7.54. The standard InChI is InChI=1S/C11H14N4S/c1-11(2,3)14-10-13-9(15-16-10)8-4-6-12-7-5-8/h4-7H,1-3H3,(H,13,14,15). The Labute approximate surface area is 98.9 Å². The van der Waals surface area contributed by atoms with Crippen LogP contribution in [0.1, 0.15) is 20.8 Å². The minimum Gasteiger partial charge on any atom is -0.356 e. The number of rotatable bonds is 2. The van der Waals surface area contributed by atoms with E-state index in [2.05, 4.69) is 40.4 Å². The Kier molecular flexibility index (Phi) is 2.87. The molecule has 5 heteroatoms. The molecular weight excluding hydrogens is 220 g/mol. The largest absolute Gasteiger partial charge is 0.356 e. The van der Waals surface area contributed by atoms with Gasteiger partial charge in [-0.25, -0.2) is 0 Å². The molecule has 16 heavy (non-hydrogen) atoms. The number of anilines is 1. The fraction of sp³-hybridized carbons (Fsp3) is 0.364. The lowest BCUT2D eigenvalue weighted by Crippen LogP contribution is -2.25. The number of pyridine rings is 1. The predicted octanol–water partition coefficient (Wildman–Crippen LogP) is 2.81. The molecule has 0 aromatic carbocycles. The van der Waals surface area contributed by atoms with Crippen LogP contribution < -0.4 is 5.32 Å². The van der Waals surface area contributed by atoms with Crippen molar-refractivity contribution in [3.63, 3.8) is 0 Å². The van der Waals surface area contributed by atoms with Crippen LogP contribution in [0, 0.1) is 0 Å². The lowest BCUT2D eigenvalue weighted by molar-refractivity contribution is 0.633. The molecule has 0 radical (unpaired) electrons. The highest BCUT2D eigenvalue weighted by Gasteiger charge is 2.13. The molecule has 0 saturated carbocycles. The van der Waals surface area contributed by atoms with Crippen LogP contribution in [-0.4, -0.2) is 19.9 Å². The molecule has 0 amide bonds. The predicted molar refractivity (Wildman–Crippen MR) is 66.5 cm³/mol. The van der Waals surface area contributed by atoms with Crippen molar-refractivity contribution in [3.05, 3.63) is 24.5 Å². The molecule has 0 bridgehead atoms. The molecule has 2 aromatic heterocycles. The van der Waals surface area contributed by atoms with Crippen molar-refractivity contribution >= 4 is 16.7 Å². The molecule has 4 nitrogen and oxygen atoms in total. The fourth-order valence-electron chi connectivity index (χ4n) is 1.21. The van der Waals surface area contributed by atoms with E-state index in [0.717, 1.165) is 16.5 Å². The summed E-state index contributed by atoms with van der Waals surface area (Å²) in [6, 6.07) is 3.81. The summed E-state index contributed by atoms with van der Waals surface area (Å²) in [5.41, 5.74) is 1.00. The van der Waals surface area contributed by atoms with E-state index in [1.54, 1.807) is 12.4 Å². The maximum Gasteiger partial charge on any atom is 0.203 e. The zero-order valence-electron chi connectivity index (χ0n) is 9.56. The number of hydrogen-bond acceptors (Lipinski definition) is 5. The fourth-order valence-corrected chi connectivity index (χ4v) is 2.01. The van der Waals surface area contributed by atoms with Crippen LogP contribution in [-0.2, 0) is 0 Å².